The van der Waals surface area contributed by atoms with Crippen LogP contribution >= 0.6 is 0 Å². The van der Waals surface area contributed by atoms with Crippen molar-refractivity contribution in [1.29, 1.82) is 5.26 Å². The summed E-state index contributed by atoms with van der Waals surface area (Å²) < 4.78 is 0. The lowest BCUT2D eigenvalue weighted by Gasteiger charge is -2.11. The minimum Gasteiger partial charge on any atom is -0.399 e. The van der Waals surface area contributed by atoms with Crippen LogP contribution < -0.4 is 16.4 Å². The van der Waals surface area contributed by atoms with E-state index in [-0.39, 0.29) is 6.03 Å². The third-order valence-corrected chi connectivity index (χ3v) is 3.18. The third-order valence-electron chi connectivity index (χ3n) is 3.18. The molecule has 0 saturated heterocycles. The molecule has 0 unspecified atom stereocenters. The fraction of sp³-hybridized carbons (Fsp3) is 0.125. The summed E-state index contributed by atoms with van der Waals surface area (Å²) in [6.45, 7) is 2.31. The normalized spacial score (nSPS) is 9.71. The molecule has 106 valence electrons. The van der Waals surface area contributed by atoms with Crippen LogP contribution in [0, 0.1) is 18.3 Å². The number of amides is 2. The summed E-state index contributed by atoms with van der Waals surface area (Å²) in [4.78, 5) is 11.8. The van der Waals surface area contributed by atoms with E-state index in [1.54, 1.807) is 24.3 Å². The van der Waals surface area contributed by atoms with Crippen LogP contribution in [0.4, 0.5) is 16.2 Å². The van der Waals surface area contributed by atoms with Crippen molar-refractivity contribution in [3.63, 3.8) is 0 Å². The molecule has 0 aliphatic heterocycles. The number of hydrogen-bond acceptors (Lipinski definition) is 3. The number of nitriles is 1. The zero-order chi connectivity index (χ0) is 15.2. The summed E-state index contributed by atoms with van der Waals surface area (Å²) in [5.41, 5.74) is 9.54. The Morgan fingerprint density at radius 1 is 1.29 bits per heavy atom. The second-order valence-electron chi connectivity index (χ2n) is 4.63. The summed E-state index contributed by atoms with van der Waals surface area (Å²) >= 11 is 0. The molecule has 5 nitrogen and oxygen atoms in total. The molecule has 0 aromatic heterocycles. The van der Waals surface area contributed by atoms with Crippen molar-refractivity contribution in [3.05, 3.63) is 59.2 Å². The van der Waals surface area contributed by atoms with Gasteiger partial charge < -0.3 is 16.4 Å². The molecule has 4 N–H and O–H groups in total. The first-order valence-corrected chi connectivity index (χ1v) is 6.49. The highest BCUT2D eigenvalue weighted by Crippen LogP contribution is 2.15. The van der Waals surface area contributed by atoms with E-state index < -0.39 is 0 Å². The van der Waals surface area contributed by atoms with Gasteiger partial charge in [0, 0.05) is 17.9 Å². The van der Waals surface area contributed by atoms with Gasteiger partial charge in [0.1, 0.15) is 0 Å². The first-order valence-electron chi connectivity index (χ1n) is 6.49. The van der Waals surface area contributed by atoms with E-state index >= 15 is 0 Å². The quantitative estimate of drug-likeness (QED) is 0.755. The molecule has 0 radical (unpaired) electrons. The number of carbonyl (C=O) groups is 1. The highest BCUT2D eigenvalue weighted by molar-refractivity contribution is 5.89. The largest absolute Gasteiger partial charge is 0.399 e. The summed E-state index contributed by atoms with van der Waals surface area (Å²) in [6.07, 6.45) is 0. The van der Waals surface area contributed by atoms with E-state index in [9.17, 15) is 4.79 Å². The molecule has 21 heavy (non-hydrogen) atoms. The van der Waals surface area contributed by atoms with E-state index in [0.29, 0.717) is 23.5 Å². The van der Waals surface area contributed by atoms with Gasteiger partial charge in [0.05, 0.1) is 11.6 Å². The average Bonchev–Trinajstić information content (AvgIpc) is 2.49. The summed E-state index contributed by atoms with van der Waals surface area (Å²) in [5.74, 6) is 0. The second-order valence-corrected chi connectivity index (χ2v) is 4.63. The fourth-order valence-corrected chi connectivity index (χ4v) is 1.91. The van der Waals surface area contributed by atoms with Crippen molar-refractivity contribution in [1.82, 2.24) is 5.32 Å². The van der Waals surface area contributed by atoms with E-state index in [2.05, 4.69) is 10.6 Å². The monoisotopic (exact) mass is 280 g/mol. The second kappa shape index (κ2) is 6.44. The van der Waals surface area contributed by atoms with Gasteiger partial charge >= 0.3 is 6.03 Å². The number of carbonyl (C=O) groups excluding carboxylic acids is 1. The Hall–Kier alpha value is -3.00. The first kappa shape index (κ1) is 14.4. The van der Waals surface area contributed by atoms with Gasteiger partial charge in [-0.3, -0.25) is 0 Å². The molecule has 2 rings (SSSR count). The van der Waals surface area contributed by atoms with Crippen LogP contribution in [-0.2, 0) is 6.54 Å². The lowest BCUT2D eigenvalue weighted by molar-refractivity contribution is 0.251. The van der Waals surface area contributed by atoms with E-state index in [1.807, 2.05) is 31.2 Å². The van der Waals surface area contributed by atoms with E-state index in [0.717, 1.165) is 11.1 Å². The smallest absolute Gasteiger partial charge is 0.319 e. The number of urea groups is 1. The minimum atomic E-state index is -0.327. The molecule has 0 fully saturated rings. The minimum absolute atomic E-state index is 0.327. The number of hydrogen-bond donors (Lipinski definition) is 3. The van der Waals surface area contributed by atoms with Gasteiger partial charge in [-0.1, -0.05) is 18.2 Å². The lowest BCUT2D eigenvalue weighted by Crippen LogP contribution is -2.28. The van der Waals surface area contributed by atoms with Crippen LogP contribution in [-0.4, -0.2) is 6.03 Å². The molecule has 5 heteroatoms. The molecule has 0 aliphatic rings. The van der Waals surface area contributed by atoms with Crippen LogP contribution in [0.2, 0.25) is 0 Å². The van der Waals surface area contributed by atoms with Crippen molar-refractivity contribution >= 4 is 17.4 Å². The number of benzene rings is 2. The molecule has 0 aliphatic carbocycles. The molecule has 0 saturated carbocycles. The van der Waals surface area contributed by atoms with Crippen molar-refractivity contribution in [2.24, 2.45) is 0 Å². The summed E-state index contributed by atoms with van der Waals surface area (Å²) in [5, 5.41) is 14.3. The van der Waals surface area contributed by atoms with Gasteiger partial charge in [-0.25, -0.2) is 4.79 Å². The number of nitrogens with one attached hydrogen (secondary N) is 2. The van der Waals surface area contributed by atoms with Crippen LogP contribution in [0.1, 0.15) is 16.7 Å². The molecule has 2 aromatic rings. The van der Waals surface area contributed by atoms with Crippen LogP contribution in [0.5, 0.6) is 0 Å². The molecular formula is C16H16N4O. The van der Waals surface area contributed by atoms with E-state index in [4.69, 9.17) is 11.0 Å². The predicted molar refractivity (Wildman–Crippen MR) is 82.6 cm³/mol. The molecule has 2 amide bonds. The third kappa shape index (κ3) is 3.74. The van der Waals surface area contributed by atoms with Crippen LogP contribution in [0.25, 0.3) is 0 Å². The maximum Gasteiger partial charge on any atom is 0.319 e. The van der Waals surface area contributed by atoms with Gasteiger partial charge in [-0.05, 0) is 42.3 Å². The molecular weight excluding hydrogens is 264 g/mol. The number of nitrogen functional groups attached to an aromatic ring is 1. The van der Waals surface area contributed by atoms with Gasteiger partial charge in [0.15, 0.2) is 0 Å². The van der Waals surface area contributed by atoms with Gasteiger partial charge in [-0.15, -0.1) is 0 Å². The van der Waals surface area contributed by atoms with Crippen LogP contribution in [0.3, 0.4) is 0 Å². The Balaban J connectivity index is 1.96. The molecule has 2 aromatic carbocycles. The van der Waals surface area contributed by atoms with Gasteiger partial charge in [-0.2, -0.15) is 5.26 Å². The van der Waals surface area contributed by atoms with Gasteiger partial charge in [0.2, 0.25) is 0 Å². The lowest BCUT2D eigenvalue weighted by atomic mass is 10.1. The number of rotatable bonds is 3. The maximum atomic E-state index is 11.8. The number of anilines is 2. The molecule has 0 atom stereocenters. The average molecular weight is 280 g/mol. The maximum absolute atomic E-state index is 11.8. The van der Waals surface area contributed by atoms with E-state index in [1.165, 1.54) is 0 Å². The zero-order valence-electron chi connectivity index (χ0n) is 11.7. The van der Waals surface area contributed by atoms with Crippen molar-refractivity contribution in [2.75, 3.05) is 11.1 Å². The Morgan fingerprint density at radius 3 is 2.81 bits per heavy atom. The molecule has 0 bridgehead atoms. The molecule has 0 heterocycles. The highest BCUT2D eigenvalue weighted by Gasteiger charge is 2.05. The predicted octanol–water partition coefficient (Wildman–Crippen LogP) is 2.77. The summed E-state index contributed by atoms with van der Waals surface area (Å²) in [6, 6.07) is 14.0. The Kier molecular flexibility index (Phi) is 4.42. The first-order chi connectivity index (χ1) is 10.1. The number of nitrogens with zero attached hydrogens (tertiary/aromatic N) is 1. The molecule has 0 spiro atoms. The number of nitrogens with two attached hydrogens (primary N) is 1. The standard InChI is InChI=1S/C16H16N4O/c1-11-13(5-3-7-15(11)18)10-19-16(21)20-14-6-2-4-12(8-14)9-17/h2-8H,10,18H2,1H3,(H2,19,20,21). The highest BCUT2D eigenvalue weighted by atomic mass is 16.2. The Labute approximate surface area is 123 Å². The van der Waals surface area contributed by atoms with Crippen LogP contribution in [0.15, 0.2) is 42.5 Å². The fourth-order valence-electron chi connectivity index (χ4n) is 1.91. The van der Waals surface area contributed by atoms with Crippen molar-refractivity contribution in [3.8, 4) is 6.07 Å². The zero-order valence-corrected chi connectivity index (χ0v) is 11.7. The van der Waals surface area contributed by atoms with Crippen molar-refractivity contribution < 1.29 is 4.79 Å². The topological polar surface area (TPSA) is 90.9 Å². The SMILES string of the molecule is Cc1c(N)cccc1CNC(=O)Nc1cccc(C#N)c1. The Morgan fingerprint density at radius 2 is 2.05 bits per heavy atom. The van der Waals surface area contributed by atoms with Crippen molar-refractivity contribution in [2.45, 2.75) is 13.5 Å². The van der Waals surface area contributed by atoms with Gasteiger partial charge in [0.25, 0.3) is 0 Å². The Bertz CT molecular complexity index is 704. The summed E-state index contributed by atoms with van der Waals surface area (Å²) in [7, 11) is 0.